The van der Waals surface area contributed by atoms with Crippen molar-refractivity contribution in [1.29, 1.82) is 0 Å². The fourth-order valence-corrected chi connectivity index (χ4v) is 3.89. The summed E-state index contributed by atoms with van der Waals surface area (Å²) in [6, 6.07) is 15.4. The molecule has 0 saturated heterocycles. The lowest BCUT2D eigenvalue weighted by Crippen LogP contribution is -2.14. The summed E-state index contributed by atoms with van der Waals surface area (Å²) in [5.41, 5.74) is 3.55. The highest BCUT2D eigenvalue weighted by Gasteiger charge is 2.14. The molecule has 0 radical (unpaired) electrons. The van der Waals surface area contributed by atoms with E-state index in [0.717, 1.165) is 28.8 Å². The molecule has 136 valence electrons. The maximum atomic E-state index is 12.2. The molecule has 4 aromatic rings. The van der Waals surface area contributed by atoms with E-state index < -0.39 is 0 Å². The highest BCUT2D eigenvalue weighted by atomic mass is 32.2. The van der Waals surface area contributed by atoms with E-state index in [1.54, 1.807) is 28.4 Å². The number of hydrogen-bond acceptors (Lipinski definition) is 5. The third kappa shape index (κ3) is 3.50. The van der Waals surface area contributed by atoms with E-state index in [1.807, 2.05) is 30.3 Å². The topological polar surface area (TPSA) is 65.1 Å². The number of hydrogen-bond donors (Lipinski definition) is 0. The molecule has 0 aliphatic heterocycles. The molecule has 1 aromatic carbocycles. The van der Waals surface area contributed by atoms with Gasteiger partial charge in [0.1, 0.15) is 5.65 Å². The van der Waals surface area contributed by atoms with Crippen LogP contribution in [0.2, 0.25) is 0 Å². The van der Waals surface area contributed by atoms with Crippen molar-refractivity contribution in [3.63, 3.8) is 0 Å². The van der Waals surface area contributed by atoms with Gasteiger partial charge in [-0.3, -0.25) is 9.20 Å². The molecule has 0 unspecified atom stereocenters. The Kier molecular flexibility index (Phi) is 4.77. The van der Waals surface area contributed by atoms with Crippen molar-refractivity contribution < 1.29 is 0 Å². The standard InChI is InChI=1S/C20H19N5OS/c1-3-24-19(15-8-6-7-14(2)11-15)22-23-20(24)27-13-16-12-18(26)25-10-5-4-9-17(25)21-16/h4-12H,3,13H2,1-2H3. The summed E-state index contributed by atoms with van der Waals surface area (Å²) in [6.07, 6.45) is 1.73. The smallest absolute Gasteiger partial charge is 0.258 e. The highest BCUT2D eigenvalue weighted by molar-refractivity contribution is 7.98. The van der Waals surface area contributed by atoms with Crippen molar-refractivity contribution >= 4 is 17.4 Å². The van der Waals surface area contributed by atoms with Crippen LogP contribution in [-0.4, -0.2) is 24.1 Å². The summed E-state index contributed by atoms with van der Waals surface area (Å²) in [4.78, 5) is 16.8. The number of thioether (sulfide) groups is 1. The predicted molar refractivity (Wildman–Crippen MR) is 107 cm³/mol. The molecule has 7 heteroatoms. The summed E-state index contributed by atoms with van der Waals surface area (Å²) in [7, 11) is 0. The largest absolute Gasteiger partial charge is 0.302 e. The second-order valence-electron chi connectivity index (χ2n) is 6.22. The van der Waals surface area contributed by atoms with Crippen LogP contribution < -0.4 is 5.56 Å². The third-order valence-electron chi connectivity index (χ3n) is 4.28. The molecule has 0 saturated carbocycles. The SMILES string of the molecule is CCn1c(SCc2cc(=O)n3ccccc3n2)nnc1-c1cccc(C)c1. The molecule has 27 heavy (non-hydrogen) atoms. The third-order valence-corrected chi connectivity index (χ3v) is 5.28. The van der Waals surface area contributed by atoms with Gasteiger partial charge in [0, 0.05) is 30.1 Å². The van der Waals surface area contributed by atoms with Crippen LogP contribution in [0, 0.1) is 6.92 Å². The van der Waals surface area contributed by atoms with Crippen LogP contribution in [0.5, 0.6) is 0 Å². The van der Waals surface area contributed by atoms with Crippen LogP contribution in [0.3, 0.4) is 0 Å². The monoisotopic (exact) mass is 377 g/mol. The van der Waals surface area contributed by atoms with Gasteiger partial charge in [-0.2, -0.15) is 0 Å². The summed E-state index contributed by atoms with van der Waals surface area (Å²) >= 11 is 1.54. The number of fused-ring (bicyclic) bond motifs is 1. The van der Waals surface area contributed by atoms with Crippen LogP contribution in [0.1, 0.15) is 18.2 Å². The van der Waals surface area contributed by atoms with Crippen LogP contribution >= 0.6 is 11.8 Å². The second kappa shape index (κ2) is 7.36. The molecule has 0 spiro atoms. The van der Waals surface area contributed by atoms with Gasteiger partial charge in [0.25, 0.3) is 5.56 Å². The van der Waals surface area contributed by atoms with E-state index in [1.165, 1.54) is 5.56 Å². The average Bonchev–Trinajstić information content (AvgIpc) is 3.09. The Morgan fingerprint density at radius 2 is 1.96 bits per heavy atom. The molecule has 4 rings (SSSR count). The number of benzene rings is 1. The Hall–Kier alpha value is -2.93. The zero-order valence-electron chi connectivity index (χ0n) is 15.2. The Bertz CT molecular complexity index is 1160. The van der Waals surface area contributed by atoms with Crippen molar-refractivity contribution in [1.82, 2.24) is 24.1 Å². The van der Waals surface area contributed by atoms with Gasteiger partial charge >= 0.3 is 0 Å². The van der Waals surface area contributed by atoms with E-state index in [0.29, 0.717) is 11.4 Å². The highest BCUT2D eigenvalue weighted by Crippen LogP contribution is 2.26. The first kappa shape index (κ1) is 17.5. The van der Waals surface area contributed by atoms with Crippen molar-refractivity contribution in [3.8, 4) is 11.4 Å². The molecular formula is C20H19N5OS. The number of pyridine rings is 1. The molecule has 0 fully saturated rings. The van der Waals surface area contributed by atoms with Gasteiger partial charge in [0.15, 0.2) is 11.0 Å². The molecule has 0 N–H and O–H groups in total. The van der Waals surface area contributed by atoms with E-state index in [4.69, 9.17) is 0 Å². The van der Waals surface area contributed by atoms with Crippen molar-refractivity contribution in [2.45, 2.75) is 31.3 Å². The Morgan fingerprint density at radius 3 is 2.78 bits per heavy atom. The van der Waals surface area contributed by atoms with E-state index in [9.17, 15) is 4.79 Å². The fourth-order valence-electron chi connectivity index (χ4n) is 2.99. The van der Waals surface area contributed by atoms with Gasteiger partial charge in [-0.25, -0.2) is 4.98 Å². The molecule has 0 atom stereocenters. The van der Waals surface area contributed by atoms with Gasteiger partial charge < -0.3 is 4.57 Å². The molecule has 0 aliphatic rings. The van der Waals surface area contributed by atoms with Crippen molar-refractivity contribution in [2.75, 3.05) is 0 Å². The van der Waals surface area contributed by atoms with Crippen LogP contribution in [0.4, 0.5) is 0 Å². The molecule has 0 amide bonds. The first-order chi connectivity index (χ1) is 13.2. The van der Waals surface area contributed by atoms with Gasteiger partial charge in [-0.15, -0.1) is 10.2 Å². The maximum Gasteiger partial charge on any atom is 0.258 e. The minimum absolute atomic E-state index is 0.0754. The van der Waals surface area contributed by atoms with E-state index in [2.05, 4.69) is 45.7 Å². The van der Waals surface area contributed by atoms with E-state index >= 15 is 0 Å². The first-order valence-electron chi connectivity index (χ1n) is 8.76. The summed E-state index contributed by atoms with van der Waals surface area (Å²) in [5, 5.41) is 9.56. The second-order valence-corrected chi connectivity index (χ2v) is 7.17. The normalized spacial score (nSPS) is 11.2. The minimum atomic E-state index is -0.0754. The molecular weight excluding hydrogens is 358 g/mol. The van der Waals surface area contributed by atoms with Crippen LogP contribution in [-0.2, 0) is 12.3 Å². The van der Waals surface area contributed by atoms with Crippen LogP contribution in [0.25, 0.3) is 17.0 Å². The Balaban J connectivity index is 1.61. The number of rotatable bonds is 5. The van der Waals surface area contributed by atoms with Gasteiger partial charge in [0.05, 0.1) is 5.69 Å². The summed E-state index contributed by atoms with van der Waals surface area (Å²) < 4.78 is 3.63. The summed E-state index contributed by atoms with van der Waals surface area (Å²) in [6.45, 7) is 4.91. The number of aryl methyl sites for hydroxylation is 1. The van der Waals surface area contributed by atoms with Crippen molar-refractivity contribution in [3.05, 3.63) is 76.3 Å². The minimum Gasteiger partial charge on any atom is -0.302 e. The fraction of sp³-hybridized carbons (Fsp3) is 0.200. The lowest BCUT2D eigenvalue weighted by Gasteiger charge is -2.08. The van der Waals surface area contributed by atoms with Gasteiger partial charge in [-0.1, -0.05) is 41.6 Å². The zero-order chi connectivity index (χ0) is 18.8. The molecule has 0 aliphatic carbocycles. The lowest BCUT2D eigenvalue weighted by atomic mass is 10.1. The molecule has 3 heterocycles. The van der Waals surface area contributed by atoms with Gasteiger partial charge in [0.2, 0.25) is 0 Å². The average molecular weight is 377 g/mol. The van der Waals surface area contributed by atoms with Crippen molar-refractivity contribution in [2.24, 2.45) is 0 Å². The number of aromatic nitrogens is 5. The van der Waals surface area contributed by atoms with Crippen LogP contribution in [0.15, 0.2) is 64.7 Å². The molecule has 6 nitrogen and oxygen atoms in total. The molecule has 3 aromatic heterocycles. The van der Waals surface area contributed by atoms with Gasteiger partial charge in [-0.05, 0) is 32.0 Å². The first-order valence-corrected chi connectivity index (χ1v) is 9.74. The van der Waals surface area contributed by atoms with E-state index in [-0.39, 0.29) is 5.56 Å². The maximum absolute atomic E-state index is 12.2. The lowest BCUT2D eigenvalue weighted by molar-refractivity contribution is 0.687. The molecule has 0 bridgehead atoms. The predicted octanol–water partition coefficient (Wildman–Crippen LogP) is 3.57. The quantitative estimate of drug-likeness (QED) is 0.498. The Labute approximate surface area is 160 Å². The number of nitrogens with zero attached hydrogens (tertiary/aromatic N) is 5. The Morgan fingerprint density at radius 1 is 1.07 bits per heavy atom. The zero-order valence-corrected chi connectivity index (χ0v) is 16.0. The summed E-state index contributed by atoms with van der Waals surface area (Å²) in [5.74, 6) is 1.42.